The van der Waals surface area contributed by atoms with Crippen molar-refractivity contribution in [3.8, 4) is 0 Å². The van der Waals surface area contributed by atoms with E-state index < -0.39 is 27.7 Å². The minimum atomic E-state index is -3.66. The van der Waals surface area contributed by atoms with Crippen molar-refractivity contribution >= 4 is 27.5 Å². The Balaban J connectivity index is 2.18. The largest absolute Gasteiger partial charge is 0.354 e. The summed E-state index contributed by atoms with van der Waals surface area (Å²) in [5.74, 6) is -1.48. The Hall–Kier alpha value is -3.01. The molecule has 0 spiro atoms. The van der Waals surface area contributed by atoms with Crippen LogP contribution < -0.4 is 9.62 Å². The van der Waals surface area contributed by atoms with Gasteiger partial charge in [0, 0.05) is 26.1 Å². The maximum absolute atomic E-state index is 13.4. The summed E-state index contributed by atoms with van der Waals surface area (Å²) in [6.45, 7) is 4.34. The van der Waals surface area contributed by atoms with E-state index in [0.717, 1.165) is 17.0 Å². The summed E-state index contributed by atoms with van der Waals surface area (Å²) in [5.41, 5.74) is 0.973. The number of hydrogen-bond acceptors (Lipinski definition) is 4. The Labute approximate surface area is 206 Å². The van der Waals surface area contributed by atoms with Crippen molar-refractivity contribution in [2.24, 2.45) is 0 Å². The molecule has 0 fully saturated rings. The molecule has 0 saturated heterocycles. The van der Waals surface area contributed by atoms with E-state index in [9.17, 15) is 26.8 Å². The minimum Gasteiger partial charge on any atom is -0.354 e. The van der Waals surface area contributed by atoms with Crippen LogP contribution in [0.1, 0.15) is 45.1 Å². The number of benzene rings is 2. The van der Waals surface area contributed by atoms with Crippen molar-refractivity contribution < 1.29 is 26.8 Å². The highest BCUT2D eigenvalue weighted by Crippen LogP contribution is 2.20. The fourth-order valence-corrected chi connectivity index (χ4v) is 4.65. The lowest BCUT2D eigenvalue weighted by atomic mass is 10.1. The maximum atomic E-state index is 13.4. The lowest BCUT2D eigenvalue weighted by Gasteiger charge is -2.31. The van der Waals surface area contributed by atoms with Crippen LogP contribution in [-0.4, -0.2) is 50.5 Å². The number of nitrogens with one attached hydrogen (secondary N) is 1. The molecule has 0 aliphatic rings. The topological polar surface area (TPSA) is 86.8 Å². The van der Waals surface area contributed by atoms with Crippen LogP contribution in [0.5, 0.6) is 0 Å². The molecule has 2 aromatic carbocycles. The standard InChI is InChI=1S/C25H33F2N3O4S/c1-4-16-28-25(32)23(5-2)29(18-19-8-10-20(26)11-9-19)24(31)7-6-17-30(35(3,33)34)22-14-12-21(27)13-15-22/h8-15,23H,4-7,16-18H2,1-3H3,(H,28,32)/t23-/m0/s1. The Kier molecular flexibility index (Phi) is 10.6. The second kappa shape index (κ2) is 13.2. The van der Waals surface area contributed by atoms with Gasteiger partial charge in [-0.2, -0.15) is 0 Å². The van der Waals surface area contributed by atoms with Crippen LogP contribution >= 0.6 is 0 Å². The van der Waals surface area contributed by atoms with Gasteiger partial charge in [-0.05, 0) is 61.2 Å². The van der Waals surface area contributed by atoms with E-state index >= 15 is 0 Å². The lowest BCUT2D eigenvalue weighted by Crippen LogP contribution is -2.49. The second-order valence-corrected chi connectivity index (χ2v) is 10.2. The molecule has 7 nitrogen and oxygen atoms in total. The van der Waals surface area contributed by atoms with Gasteiger partial charge in [0.2, 0.25) is 21.8 Å². The third kappa shape index (κ3) is 8.61. The molecule has 0 saturated carbocycles. The molecule has 0 unspecified atom stereocenters. The van der Waals surface area contributed by atoms with Gasteiger partial charge in [0.05, 0.1) is 11.9 Å². The van der Waals surface area contributed by atoms with E-state index in [-0.39, 0.29) is 37.7 Å². The molecule has 0 radical (unpaired) electrons. The molecule has 0 aromatic heterocycles. The maximum Gasteiger partial charge on any atom is 0.242 e. The third-order valence-corrected chi connectivity index (χ3v) is 6.66. The molecule has 0 aliphatic carbocycles. The Morgan fingerprint density at radius 2 is 1.54 bits per heavy atom. The summed E-state index contributed by atoms with van der Waals surface area (Å²) < 4.78 is 52.3. The SMILES string of the molecule is CCCNC(=O)[C@H](CC)N(Cc1ccc(F)cc1)C(=O)CCCN(c1ccc(F)cc1)S(C)(=O)=O. The molecule has 35 heavy (non-hydrogen) atoms. The summed E-state index contributed by atoms with van der Waals surface area (Å²) >= 11 is 0. The molecule has 1 atom stereocenters. The van der Waals surface area contributed by atoms with E-state index in [2.05, 4.69) is 5.32 Å². The van der Waals surface area contributed by atoms with Crippen molar-refractivity contribution in [2.45, 2.75) is 52.1 Å². The van der Waals surface area contributed by atoms with Gasteiger partial charge in [-0.25, -0.2) is 17.2 Å². The summed E-state index contributed by atoms with van der Waals surface area (Å²) in [6.07, 6.45) is 2.36. The van der Waals surface area contributed by atoms with Crippen LogP contribution in [0.15, 0.2) is 48.5 Å². The number of rotatable bonds is 13. The molecule has 2 amide bonds. The zero-order valence-corrected chi connectivity index (χ0v) is 21.2. The molecule has 2 rings (SSSR count). The normalized spacial score (nSPS) is 12.1. The molecule has 0 heterocycles. The van der Waals surface area contributed by atoms with Gasteiger partial charge in [0.15, 0.2) is 0 Å². The summed E-state index contributed by atoms with van der Waals surface area (Å²) in [6, 6.07) is 10.1. The average Bonchev–Trinajstić information content (AvgIpc) is 2.81. The number of nitrogens with zero attached hydrogens (tertiary/aromatic N) is 2. The molecule has 1 N–H and O–H groups in total. The van der Waals surface area contributed by atoms with Crippen molar-refractivity contribution in [1.82, 2.24) is 10.2 Å². The summed E-state index contributed by atoms with van der Waals surface area (Å²) in [7, 11) is -3.66. The molecule has 0 aliphatic heterocycles. The first-order valence-corrected chi connectivity index (χ1v) is 13.5. The number of anilines is 1. The highest BCUT2D eigenvalue weighted by Gasteiger charge is 2.28. The van der Waals surface area contributed by atoms with Gasteiger partial charge in [-0.3, -0.25) is 13.9 Å². The minimum absolute atomic E-state index is 0.00797. The first-order chi connectivity index (χ1) is 16.6. The summed E-state index contributed by atoms with van der Waals surface area (Å²) in [5, 5.41) is 2.82. The number of carbonyl (C=O) groups excluding carboxylic acids is 2. The quantitative estimate of drug-likeness (QED) is 0.445. The fourth-order valence-electron chi connectivity index (χ4n) is 3.68. The van der Waals surface area contributed by atoms with Crippen molar-refractivity contribution in [2.75, 3.05) is 23.7 Å². The number of hydrogen-bond donors (Lipinski definition) is 1. The number of sulfonamides is 1. The zero-order chi connectivity index (χ0) is 26.0. The number of carbonyl (C=O) groups is 2. The van der Waals surface area contributed by atoms with Crippen LogP contribution in [0.3, 0.4) is 0 Å². The van der Waals surface area contributed by atoms with E-state index in [1.807, 2.05) is 6.92 Å². The van der Waals surface area contributed by atoms with Crippen molar-refractivity contribution in [3.05, 3.63) is 65.7 Å². The summed E-state index contributed by atoms with van der Waals surface area (Å²) in [4.78, 5) is 27.5. The van der Waals surface area contributed by atoms with Crippen LogP contribution in [0.2, 0.25) is 0 Å². The lowest BCUT2D eigenvalue weighted by molar-refractivity contribution is -0.141. The van der Waals surface area contributed by atoms with Crippen LogP contribution in [0.4, 0.5) is 14.5 Å². The Morgan fingerprint density at radius 3 is 2.06 bits per heavy atom. The Bertz CT molecular complexity index is 1080. The van der Waals surface area contributed by atoms with Crippen molar-refractivity contribution in [1.29, 1.82) is 0 Å². The van der Waals surface area contributed by atoms with Crippen LogP contribution in [0, 0.1) is 11.6 Å². The molecular weight excluding hydrogens is 476 g/mol. The van der Waals surface area contributed by atoms with Gasteiger partial charge in [-0.15, -0.1) is 0 Å². The van der Waals surface area contributed by atoms with E-state index in [1.165, 1.54) is 41.3 Å². The predicted octanol–water partition coefficient (Wildman–Crippen LogP) is 3.84. The van der Waals surface area contributed by atoms with Crippen molar-refractivity contribution in [3.63, 3.8) is 0 Å². The molecule has 192 valence electrons. The van der Waals surface area contributed by atoms with E-state index in [4.69, 9.17) is 0 Å². The Morgan fingerprint density at radius 1 is 0.971 bits per heavy atom. The first-order valence-electron chi connectivity index (χ1n) is 11.6. The van der Waals surface area contributed by atoms with E-state index in [0.29, 0.717) is 24.2 Å². The third-order valence-electron chi connectivity index (χ3n) is 5.47. The van der Waals surface area contributed by atoms with Crippen LogP contribution in [0.25, 0.3) is 0 Å². The van der Waals surface area contributed by atoms with Gasteiger partial charge >= 0.3 is 0 Å². The van der Waals surface area contributed by atoms with Gasteiger partial charge in [0.1, 0.15) is 17.7 Å². The monoisotopic (exact) mass is 509 g/mol. The number of halogens is 2. The molecule has 2 aromatic rings. The predicted molar refractivity (Wildman–Crippen MR) is 132 cm³/mol. The number of amides is 2. The first kappa shape index (κ1) is 28.2. The molecule has 0 bridgehead atoms. The van der Waals surface area contributed by atoms with Gasteiger partial charge in [-0.1, -0.05) is 26.0 Å². The average molecular weight is 510 g/mol. The van der Waals surface area contributed by atoms with E-state index in [1.54, 1.807) is 19.1 Å². The smallest absolute Gasteiger partial charge is 0.242 e. The molecule has 10 heteroatoms. The molecular formula is C25H33F2N3O4S. The second-order valence-electron chi connectivity index (χ2n) is 8.28. The van der Waals surface area contributed by atoms with Gasteiger partial charge in [0.25, 0.3) is 0 Å². The van der Waals surface area contributed by atoms with Crippen LogP contribution in [-0.2, 0) is 26.2 Å². The fraction of sp³-hybridized carbons (Fsp3) is 0.440. The zero-order valence-electron chi connectivity index (χ0n) is 20.3. The highest BCUT2D eigenvalue weighted by atomic mass is 32.2. The van der Waals surface area contributed by atoms with Gasteiger partial charge < -0.3 is 10.2 Å². The highest BCUT2D eigenvalue weighted by molar-refractivity contribution is 7.92.